The second kappa shape index (κ2) is 10.4. The van der Waals surface area contributed by atoms with E-state index in [0.717, 1.165) is 17.3 Å². The predicted octanol–water partition coefficient (Wildman–Crippen LogP) is 3.98. The summed E-state index contributed by atoms with van der Waals surface area (Å²) in [4.78, 5) is 13.4. The average Bonchev–Trinajstić information content (AvgIpc) is 3.50. The molecular formula is C25H23FN6O4S. The number of anilines is 1. The van der Waals surface area contributed by atoms with Crippen LogP contribution in [0.5, 0.6) is 5.75 Å². The Balaban J connectivity index is 1.29. The number of hydrogen-bond donors (Lipinski definition) is 2. The fraction of sp³-hybridized carbons (Fsp3) is 0.160. The third-order valence-electron chi connectivity index (χ3n) is 5.54. The number of halogens is 1. The number of oxazole rings is 1. The van der Waals surface area contributed by atoms with Gasteiger partial charge in [-0.25, -0.2) is 27.5 Å². The standard InChI is InChI=1S/C25H23FN6O4S/c1-35-19-7-2-5-17(15-19)22-23(32-13-14-36-25(32)31-22)21-9-12-28-24(30-21)27-10-4-11-29-37(33,34)20-8-3-6-18(26)16-20/h2-3,5-9,12-16,29H,4,10-11H2,1H3,(H,27,28,30). The van der Waals surface area contributed by atoms with Crippen LogP contribution in [0.2, 0.25) is 0 Å². The van der Waals surface area contributed by atoms with E-state index in [1.165, 1.54) is 18.2 Å². The van der Waals surface area contributed by atoms with Crippen molar-refractivity contribution in [3.8, 4) is 28.4 Å². The summed E-state index contributed by atoms with van der Waals surface area (Å²) >= 11 is 0. The predicted molar refractivity (Wildman–Crippen MR) is 135 cm³/mol. The van der Waals surface area contributed by atoms with Gasteiger partial charge in [-0.2, -0.15) is 4.98 Å². The Morgan fingerprint density at radius 3 is 2.78 bits per heavy atom. The maximum atomic E-state index is 13.4. The lowest BCUT2D eigenvalue weighted by Crippen LogP contribution is -2.26. The number of benzene rings is 2. The molecule has 5 aromatic rings. The molecule has 0 aliphatic rings. The second-order valence-electron chi connectivity index (χ2n) is 8.00. The molecule has 12 heteroatoms. The van der Waals surface area contributed by atoms with Gasteiger partial charge in [0, 0.05) is 31.0 Å². The van der Waals surface area contributed by atoms with E-state index >= 15 is 0 Å². The van der Waals surface area contributed by atoms with Crippen molar-refractivity contribution in [1.29, 1.82) is 0 Å². The van der Waals surface area contributed by atoms with Gasteiger partial charge in [0.2, 0.25) is 16.0 Å². The highest BCUT2D eigenvalue weighted by Crippen LogP contribution is 2.33. The minimum absolute atomic E-state index is 0.116. The Bertz CT molecular complexity index is 1650. The van der Waals surface area contributed by atoms with Crippen LogP contribution in [0, 0.1) is 5.82 Å². The highest BCUT2D eigenvalue weighted by atomic mass is 32.2. The summed E-state index contributed by atoms with van der Waals surface area (Å²) in [7, 11) is -2.19. The van der Waals surface area contributed by atoms with Gasteiger partial charge in [0.1, 0.15) is 29.2 Å². The lowest BCUT2D eigenvalue weighted by atomic mass is 10.1. The number of aromatic nitrogens is 4. The van der Waals surface area contributed by atoms with Crippen molar-refractivity contribution < 1.29 is 22.0 Å². The van der Waals surface area contributed by atoms with Crippen molar-refractivity contribution in [3.63, 3.8) is 0 Å². The average molecular weight is 523 g/mol. The molecular weight excluding hydrogens is 499 g/mol. The molecule has 0 saturated carbocycles. The normalized spacial score (nSPS) is 11.6. The van der Waals surface area contributed by atoms with E-state index in [0.29, 0.717) is 41.9 Å². The largest absolute Gasteiger partial charge is 0.497 e. The fourth-order valence-electron chi connectivity index (χ4n) is 3.79. The SMILES string of the molecule is COc1cccc(-c2nc3occn3c2-c2ccnc(NCCCNS(=O)(=O)c3cccc(F)c3)n2)c1. The maximum Gasteiger partial charge on any atom is 0.306 e. The van der Waals surface area contributed by atoms with Gasteiger partial charge in [-0.15, -0.1) is 0 Å². The fourth-order valence-corrected chi connectivity index (χ4v) is 4.90. The molecule has 0 aliphatic carbocycles. The number of fused-ring (bicyclic) bond motifs is 1. The molecule has 0 aliphatic heterocycles. The Labute approximate surface area is 212 Å². The van der Waals surface area contributed by atoms with Crippen LogP contribution >= 0.6 is 0 Å². The van der Waals surface area contributed by atoms with Gasteiger partial charge < -0.3 is 14.5 Å². The van der Waals surface area contributed by atoms with Gasteiger partial charge in [-0.05, 0) is 42.8 Å². The highest BCUT2D eigenvalue weighted by Gasteiger charge is 2.20. The lowest BCUT2D eigenvalue weighted by Gasteiger charge is -2.09. The number of hydrogen-bond acceptors (Lipinski definition) is 8. The molecule has 190 valence electrons. The van der Waals surface area contributed by atoms with Gasteiger partial charge >= 0.3 is 5.84 Å². The molecule has 0 bridgehead atoms. The summed E-state index contributed by atoms with van der Waals surface area (Å²) in [5, 5.41) is 3.11. The molecule has 2 aromatic carbocycles. The third kappa shape index (κ3) is 5.29. The summed E-state index contributed by atoms with van der Waals surface area (Å²) in [6.07, 6.45) is 5.40. The summed E-state index contributed by atoms with van der Waals surface area (Å²) in [5.41, 5.74) is 2.86. The maximum absolute atomic E-state index is 13.4. The molecule has 0 radical (unpaired) electrons. The molecule has 0 atom stereocenters. The second-order valence-corrected chi connectivity index (χ2v) is 9.76. The number of rotatable bonds is 10. The van der Waals surface area contributed by atoms with Crippen molar-refractivity contribution in [2.45, 2.75) is 11.3 Å². The molecule has 0 unspecified atom stereocenters. The number of imidazole rings is 1. The number of nitrogens with zero attached hydrogens (tertiary/aromatic N) is 4. The topological polar surface area (TPSA) is 124 Å². The molecule has 0 saturated heterocycles. The highest BCUT2D eigenvalue weighted by molar-refractivity contribution is 7.89. The van der Waals surface area contributed by atoms with Gasteiger partial charge in [-0.1, -0.05) is 18.2 Å². The van der Waals surface area contributed by atoms with Gasteiger partial charge in [0.05, 0.1) is 17.7 Å². The van der Waals surface area contributed by atoms with Crippen LogP contribution in [0.4, 0.5) is 10.3 Å². The summed E-state index contributed by atoms with van der Waals surface area (Å²) in [6, 6.07) is 14.2. The summed E-state index contributed by atoms with van der Waals surface area (Å²) in [5.74, 6) is 0.889. The zero-order valence-corrected chi connectivity index (χ0v) is 20.6. The number of nitrogens with one attached hydrogen (secondary N) is 2. The van der Waals surface area contributed by atoms with E-state index in [1.54, 1.807) is 31.8 Å². The van der Waals surface area contributed by atoms with E-state index < -0.39 is 15.8 Å². The summed E-state index contributed by atoms with van der Waals surface area (Å²) in [6.45, 7) is 0.565. The smallest absolute Gasteiger partial charge is 0.306 e. The van der Waals surface area contributed by atoms with Crippen LogP contribution in [-0.2, 0) is 10.0 Å². The molecule has 3 heterocycles. The first kappa shape index (κ1) is 24.4. The van der Waals surface area contributed by atoms with Gasteiger partial charge in [0.15, 0.2) is 0 Å². The first-order valence-electron chi connectivity index (χ1n) is 11.4. The number of ether oxygens (including phenoxy) is 1. The Hall–Kier alpha value is -4.29. The van der Waals surface area contributed by atoms with Crippen LogP contribution in [0.3, 0.4) is 0 Å². The van der Waals surface area contributed by atoms with Crippen LogP contribution in [0.25, 0.3) is 28.5 Å². The lowest BCUT2D eigenvalue weighted by molar-refractivity contribution is 0.415. The zero-order valence-electron chi connectivity index (χ0n) is 19.8. The minimum Gasteiger partial charge on any atom is -0.497 e. The third-order valence-corrected chi connectivity index (χ3v) is 7.00. The number of methoxy groups -OCH3 is 1. The molecule has 0 amide bonds. The van der Waals surface area contributed by atoms with E-state index in [4.69, 9.17) is 9.15 Å². The monoisotopic (exact) mass is 522 g/mol. The van der Waals surface area contributed by atoms with E-state index in [1.807, 2.05) is 28.7 Å². The van der Waals surface area contributed by atoms with Crippen LogP contribution in [0.1, 0.15) is 6.42 Å². The molecule has 37 heavy (non-hydrogen) atoms. The van der Waals surface area contributed by atoms with Gasteiger partial charge in [-0.3, -0.25) is 4.40 Å². The first-order valence-corrected chi connectivity index (χ1v) is 12.9. The summed E-state index contributed by atoms with van der Waals surface area (Å²) < 4.78 is 53.1. The van der Waals surface area contributed by atoms with Crippen LogP contribution in [-0.4, -0.2) is 48.0 Å². The molecule has 5 rings (SSSR count). The Kier molecular flexibility index (Phi) is 6.84. The minimum atomic E-state index is -3.79. The quantitative estimate of drug-likeness (QED) is 0.264. The van der Waals surface area contributed by atoms with Crippen molar-refractivity contribution in [2.75, 3.05) is 25.5 Å². The first-order chi connectivity index (χ1) is 17.9. The number of sulfonamides is 1. The van der Waals surface area contributed by atoms with Crippen LogP contribution in [0.15, 0.2) is 82.6 Å². The van der Waals surface area contributed by atoms with Crippen molar-refractivity contribution >= 4 is 21.8 Å². The molecule has 0 spiro atoms. The van der Waals surface area contributed by atoms with Crippen molar-refractivity contribution in [3.05, 3.63) is 79.1 Å². The Morgan fingerprint density at radius 1 is 1.08 bits per heavy atom. The van der Waals surface area contributed by atoms with E-state index in [2.05, 4.69) is 25.0 Å². The molecule has 10 nitrogen and oxygen atoms in total. The van der Waals surface area contributed by atoms with Gasteiger partial charge in [0.25, 0.3) is 0 Å². The molecule has 3 aromatic heterocycles. The van der Waals surface area contributed by atoms with Crippen molar-refractivity contribution in [2.24, 2.45) is 0 Å². The molecule has 2 N–H and O–H groups in total. The van der Waals surface area contributed by atoms with Crippen LogP contribution < -0.4 is 14.8 Å². The van der Waals surface area contributed by atoms with E-state index in [-0.39, 0.29) is 11.4 Å². The molecule has 0 fully saturated rings. The van der Waals surface area contributed by atoms with E-state index in [9.17, 15) is 12.8 Å². The zero-order chi connectivity index (χ0) is 25.8. The Morgan fingerprint density at radius 2 is 1.95 bits per heavy atom. The van der Waals surface area contributed by atoms with Crippen molar-refractivity contribution in [1.82, 2.24) is 24.1 Å².